The van der Waals surface area contributed by atoms with Gasteiger partial charge in [-0.2, -0.15) is 0 Å². The van der Waals surface area contributed by atoms with Gasteiger partial charge in [-0.15, -0.1) is 11.3 Å². The van der Waals surface area contributed by atoms with Gasteiger partial charge < -0.3 is 11.1 Å². The van der Waals surface area contributed by atoms with E-state index in [2.05, 4.69) is 5.32 Å². The Labute approximate surface area is 143 Å². The molecule has 2 amide bonds. The van der Waals surface area contributed by atoms with Crippen molar-refractivity contribution in [2.45, 2.75) is 24.7 Å². The fourth-order valence-electron chi connectivity index (χ4n) is 2.91. The number of rotatable bonds is 3. The quantitative estimate of drug-likeness (QED) is 0.868. The Morgan fingerprint density at radius 2 is 1.96 bits per heavy atom. The summed E-state index contributed by atoms with van der Waals surface area (Å²) in [6.07, 6.45) is 2.46. The molecule has 0 radical (unpaired) electrons. The Kier molecular flexibility index (Phi) is 3.97. The number of thiophene rings is 1. The molecule has 1 aromatic carbocycles. The van der Waals surface area contributed by atoms with Gasteiger partial charge in [0.05, 0.1) is 10.5 Å². The number of nitrogens with two attached hydrogens (primary N) is 1. The minimum absolute atomic E-state index is 0.226. The molecule has 3 N–H and O–H groups in total. The molecule has 1 aliphatic carbocycles. The largest absolute Gasteiger partial charge is 0.365 e. The third kappa shape index (κ3) is 2.83. The van der Waals surface area contributed by atoms with Crippen LogP contribution in [0.1, 0.15) is 28.4 Å². The lowest BCUT2D eigenvalue weighted by molar-refractivity contribution is -0.114. The predicted octanol–water partition coefficient (Wildman–Crippen LogP) is 1.97. The molecule has 3 rings (SSSR count). The number of aryl methyl sites for hydroxylation is 1. The van der Waals surface area contributed by atoms with Gasteiger partial charge in [-0.3, -0.25) is 9.59 Å². The van der Waals surface area contributed by atoms with Crippen LogP contribution in [0.25, 0.3) is 10.4 Å². The molecule has 1 aromatic heterocycles. The highest BCUT2D eigenvalue weighted by molar-refractivity contribution is 7.90. The smallest absolute Gasteiger partial charge is 0.252 e. The second-order valence-corrected chi connectivity index (χ2v) is 8.79. The van der Waals surface area contributed by atoms with Gasteiger partial charge in [0.1, 0.15) is 5.00 Å². The van der Waals surface area contributed by atoms with E-state index in [1.165, 1.54) is 18.3 Å². The van der Waals surface area contributed by atoms with Crippen molar-refractivity contribution in [3.8, 4) is 10.4 Å². The molecule has 0 spiro atoms. The summed E-state index contributed by atoms with van der Waals surface area (Å²) in [6.45, 7) is 1.36. The van der Waals surface area contributed by atoms with Crippen LogP contribution in [0.2, 0.25) is 0 Å². The zero-order valence-corrected chi connectivity index (χ0v) is 14.8. The van der Waals surface area contributed by atoms with E-state index in [-0.39, 0.29) is 10.8 Å². The molecule has 0 saturated heterocycles. The lowest BCUT2D eigenvalue weighted by atomic mass is 9.89. The number of primary amides is 1. The lowest BCUT2D eigenvalue weighted by Gasteiger charge is -2.17. The second-order valence-electron chi connectivity index (χ2n) is 5.75. The minimum atomic E-state index is -3.33. The van der Waals surface area contributed by atoms with Crippen molar-refractivity contribution in [3.63, 3.8) is 0 Å². The monoisotopic (exact) mass is 364 g/mol. The van der Waals surface area contributed by atoms with E-state index in [4.69, 9.17) is 5.73 Å². The number of sulfone groups is 1. The van der Waals surface area contributed by atoms with Gasteiger partial charge >= 0.3 is 0 Å². The highest BCUT2D eigenvalue weighted by atomic mass is 32.2. The average Bonchev–Trinajstić information content (AvgIpc) is 2.83. The SMILES string of the molecule is CC(=O)Nc1sc2c(c1C(N)=O)CCc1ccc(S(C)(=O)=O)cc1-2. The molecule has 24 heavy (non-hydrogen) atoms. The Bertz CT molecular complexity index is 974. The van der Waals surface area contributed by atoms with E-state index in [9.17, 15) is 18.0 Å². The van der Waals surface area contributed by atoms with Gasteiger partial charge in [0.2, 0.25) is 5.91 Å². The van der Waals surface area contributed by atoms with Gasteiger partial charge in [0.15, 0.2) is 9.84 Å². The fraction of sp³-hybridized carbons (Fsp3) is 0.250. The number of carbonyl (C=O) groups excluding carboxylic acids is 2. The number of nitrogens with one attached hydrogen (secondary N) is 1. The van der Waals surface area contributed by atoms with Crippen LogP contribution in [0.15, 0.2) is 23.1 Å². The highest BCUT2D eigenvalue weighted by Crippen LogP contribution is 2.45. The fourth-order valence-corrected chi connectivity index (χ4v) is 4.90. The van der Waals surface area contributed by atoms with E-state index in [0.29, 0.717) is 23.4 Å². The number of amides is 2. The number of benzene rings is 1. The van der Waals surface area contributed by atoms with Crippen molar-refractivity contribution < 1.29 is 18.0 Å². The zero-order valence-electron chi connectivity index (χ0n) is 13.2. The van der Waals surface area contributed by atoms with Gasteiger partial charge in [-0.05, 0) is 41.7 Å². The third-order valence-corrected chi connectivity index (χ3v) is 6.23. The topological polar surface area (TPSA) is 106 Å². The van der Waals surface area contributed by atoms with Crippen molar-refractivity contribution in [2.24, 2.45) is 5.73 Å². The minimum Gasteiger partial charge on any atom is -0.365 e. The van der Waals surface area contributed by atoms with Gasteiger partial charge in [0.25, 0.3) is 5.91 Å². The molecule has 8 heteroatoms. The van der Waals surface area contributed by atoms with Crippen LogP contribution in [0.3, 0.4) is 0 Å². The Balaban J connectivity index is 2.25. The van der Waals surface area contributed by atoms with E-state index in [0.717, 1.165) is 27.8 Å². The molecule has 6 nitrogen and oxygen atoms in total. The van der Waals surface area contributed by atoms with E-state index in [1.807, 2.05) is 0 Å². The molecule has 0 aliphatic heterocycles. The molecule has 0 fully saturated rings. The molecule has 2 aromatic rings. The van der Waals surface area contributed by atoms with Crippen LogP contribution in [0.4, 0.5) is 5.00 Å². The predicted molar refractivity (Wildman–Crippen MR) is 93.1 cm³/mol. The summed E-state index contributed by atoms with van der Waals surface area (Å²) in [5.74, 6) is -0.889. The standard InChI is InChI=1S/C16H16N2O4S2/c1-8(19)18-16-13(15(17)20)11-6-4-9-3-5-10(24(2,21)22)7-12(9)14(11)23-16/h3,5,7H,4,6H2,1-2H3,(H2,17,20)(H,18,19). The lowest BCUT2D eigenvalue weighted by Crippen LogP contribution is -2.17. The van der Waals surface area contributed by atoms with Crippen LogP contribution >= 0.6 is 11.3 Å². The average molecular weight is 364 g/mol. The maximum Gasteiger partial charge on any atom is 0.252 e. The summed E-state index contributed by atoms with van der Waals surface area (Å²) in [5.41, 5.74) is 8.39. The summed E-state index contributed by atoms with van der Waals surface area (Å²) in [5, 5.41) is 3.06. The number of hydrogen-bond acceptors (Lipinski definition) is 5. The molecular weight excluding hydrogens is 348 g/mol. The van der Waals surface area contributed by atoms with Crippen molar-refractivity contribution in [2.75, 3.05) is 11.6 Å². The molecule has 0 saturated carbocycles. The van der Waals surface area contributed by atoms with Gasteiger partial charge in [-0.25, -0.2) is 8.42 Å². The first-order chi connectivity index (χ1) is 11.2. The van der Waals surface area contributed by atoms with Gasteiger partial charge in [-0.1, -0.05) is 6.07 Å². The summed E-state index contributed by atoms with van der Waals surface area (Å²) < 4.78 is 23.7. The van der Waals surface area contributed by atoms with E-state index in [1.54, 1.807) is 18.2 Å². The molecular formula is C16H16N2O4S2. The van der Waals surface area contributed by atoms with Crippen LogP contribution < -0.4 is 11.1 Å². The maximum atomic E-state index is 11.9. The van der Waals surface area contributed by atoms with Crippen molar-refractivity contribution in [1.29, 1.82) is 0 Å². The summed E-state index contributed by atoms with van der Waals surface area (Å²) >= 11 is 1.25. The summed E-state index contributed by atoms with van der Waals surface area (Å²) in [7, 11) is -3.33. The molecule has 0 atom stereocenters. The normalized spacial score (nSPS) is 13.1. The van der Waals surface area contributed by atoms with Gasteiger partial charge in [0, 0.05) is 18.1 Å². The van der Waals surface area contributed by atoms with E-state index >= 15 is 0 Å². The molecule has 126 valence electrons. The first kappa shape index (κ1) is 16.7. The molecule has 0 bridgehead atoms. The Morgan fingerprint density at radius 1 is 1.25 bits per heavy atom. The van der Waals surface area contributed by atoms with Crippen molar-refractivity contribution in [3.05, 3.63) is 34.9 Å². The number of carbonyl (C=O) groups is 2. The summed E-state index contributed by atoms with van der Waals surface area (Å²) in [4.78, 5) is 24.3. The Hall–Kier alpha value is -2.19. The van der Waals surface area contributed by atoms with Crippen LogP contribution in [0, 0.1) is 0 Å². The maximum absolute atomic E-state index is 11.9. The molecule has 1 aliphatic rings. The first-order valence-electron chi connectivity index (χ1n) is 7.25. The molecule has 0 unspecified atom stereocenters. The van der Waals surface area contributed by atoms with Crippen LogP contribution in [0.5, 0.6) is 0 Å². The first-order valence-corrected chi connectivity index (χ1v) is 9.95. The van der Waals surface area contributed by atoms with Crippen LogP contribution in [-0.2, 0) is 27.5 Å². The molecule has 1 heterocycles. The van der Waals surface area contributed by atoms with Crippen molar-refractivity contribution in [1.82, 2.24) is 0 Å². The number of fused-ring (bicyclic) bond motifs is 3. The van der Waals surface area contributed by atoms with E-state index < -0.39 is 15.7 Å². The Morgan fingerprint density at radius 3 is 2.54 bits per heavy atom. The van der Waals surface area contributed by atoms with Crippen LogP contribution in [-0.4, -0.2) is 26.5 Å². The highest BCUT2D eigenvalue weighted by Gasteiger charge is 2.28. The second kappa shape index (κ2) is 5.71. The number of hydrogen-bond donors (Lipinski definition) is 2. The summed E-state index contributed by atoms with van der Waals surface area (Å²) in [6, 6.07) is 5.02. The zero-order chi connectivity index (χ0) is 17.6. The third-order valence-electron chi connectivity index (χ3n) is 3.94. The van der Waals surface area contributed by atoms with Crippen molar-refractivity contribution >= 4 is 38.0 Å². The number of anilines is 1.